The molecule has 0 saturated carbocycles. The smallest absolute Gasteiger partial charge is 0.417 e. The molecule has 0 aliphatic heterocycles. The molecule has 31 heavy (non-hydrogen) atoms. The largest absolute Gasteiger partial charge is 0.474 e. The lowest BCUT2D eigenvalue weighted by Gasteiger charge is -2.26. The number of ether oxygens (including phenoxy) is 1. The van der Waals surface area contributed by atoms with Gasteiger partial charge in [0.15, 0.2) is 34.6 Å². The van der Waals surface area contributed by atoms with E-state index in [2.05, 4.69) is 10.2 Å². The Morgan fingerprint density at radius 1 is 1.06 bits per heavy atom. The van der Waals surface area contributed by atoms with Crippen LogP contribution in [0.1, 0.15) is 35.6 Å². The first kappa shape index (κ1) is 22.2. The van der Waals surface area contributed by atoms with E-state index < -0.39 is 40.6 Å². The van der Waals surface area contributed by atoms with Crippen LogP contribution in [0.15, 0.2) is 36.4 Å². The van der Waals surface area contributed by atoms with Gasteiger partial charge in [-0.25, -0.2) is 8.78 Å². The zero-order valence-corrected chi connectivity index (χ0v) is 16.6. The molecule has 0 atom stereocenters. The molecule has 3 aromatic rings. The van der Waals surface area contributed by atoms with E-state index in [0.29, 0.717) is 0 Å². The van der Waals surface area contributed by atoms with Crippen molar-refractivity contribution in [2.75, 3.05) is 0 Å². The number of carbonyl (C=O) groups is 1. The van der Waals surface area contributed by atoms with Crippen LogP contribution in [-0.2, 0) is 18.8 Å². The highest BCUT2D eigenvalue weighted by atomic mass is 19.4. The van der Waals surface area contributed by atoms with E-state index >= 15 is 0 Å². The maximum Gasteiger partial charge on any atom is 0.417 e. The van der Waals surface area contributed by atoms with Crippen LogP contribution in [0.25, 0.3) is 11.4 Å². The Balaban J connectivity index is 2.03. The van der Waals surface area contributed by atoms with E-state index in [0.717, 1.165) is 18.2 Å². The Morgan fingerprint density at radius 3 is 2.19 bits per heavy atom. The number of rotatable bonds is 5. The van der Waals surface area contributed by atoms with E-state index in [1.807, 2.05) is 0 Å². The molecule has 0 aliphatic carbocycles. The second-order valence-corrected chi connectivity index (χ2v) is 7.20. The molecule has 2 N–H and O–H groups in total. The van der Waals surface area contributed by atoms with Gasteiger partial charge < -0.3 is 15.0 Å². The van der Waals surface area contributed by atoms with Crippen molar-refractivity contribution in [2.45, 2.75) is 25.6 Å². The molecule has 164 valence electrons. The first-order chi connectivity index (χ1) is 14.3. The fraction of sp³-hybridized carbons (Fsp3) is 0.250. The van der Waals surface area contributed by atoms with Crippen molar-refractivity contribution >= 4 is 5.91 Å². The van der Waals surface area contributed by atoms with Crippen molar-refractivity contribution in [3.63, 3.8) is 0 Å². The summed E-state index contributed by atoms with van der Waals surface area (Å²) in [5.41, 5.74) is 2.01. The predicted molar refractivity (Wildman–Crippen MR) is 100.0 cm³/mol. The molecule has 0 aliphatic rings. The molecule has 1 heterocycles. The number of amides is 1. The maximum absolute atomic E-state index is 14.3. The van der Waals surface area contributed by atoms with Gasteiger partial charge in [0.05, 0.1) is 5.56 Å². The molecule has 1 aromatic heterocycles. The summed E-state index contributed by atoms with van der Waals surface area (Å²) in [4.78, 5) is 11.1. The number of carbonyl (C=O) groups excluding carboxylic acids is 1. The maximum atomic E-state index is 14.3. The molecule has 11 heteroatoms. The van der Waals surface area contributed by atoms with Gasteiger partial charge in [0.25, 0.3) is 0 Å². The van der Waals surface area contributed by atoms with E-state index in [-0.39, 0.29) is 22.8 Å². The highest BCUT2D eigenvalue weighted by molar-refractivity contribution is 5.92. The van der Waals surface area contributed by atoms with Crippen molar-refractivity contribution in [1.82, 2.24) is 14.8 Å². The van der Waals surface area contributed by atoms with Crippen molar-refractivity contribution < 1.29 is 31.5 Å². The molecular formula is C20H17F5N4O2. The highest BCUT2D eigenvalue weighted by Gasteiger charge is 2.37. The van der Waals surface area contributed by atoms with Crippen LogP contribution in [0.2, 0.25) is 0 Å². The second-order valence-electron chi connectivity index (χ2n) is 7.20. The lowest BCUT2D eigenvalue weighted by molar-refractivity contribution is -0.137. The molecule has 0 fully saturated rings. The van der Waals surface area contributed by atoms with Crippen molar-refractivity contribution in [3.05, 3.63) is 65.0 Å². The molecule has 6 nitrogen and oxygen atoms in total. The Hall–Kier alpha value is -3.50. The Morgan fingerprint density at radius 2 is 1.65 bits per heavy atom. The molecule has 0 bridgehead atoms. The number of aromatic nitrogens is 3. The molecule has 1 amide bonds. The van der Waals surface area contributed by atoms with Crippen molar-refractivity contribution in [2.24, 2.45) is 12.8 Å². The van der Waals surface area contributed by atoms with E-state index in [4.69, 9.17) is 10.5 Å². The van der Waals surface area contributed by atoms with Gasteiger partial charge in [0, 0.05) is 18.2 Å². The lowest BCUT2D eigenvalue weighted by Crippen LogP contribution is -2.30. The number of halogens is 5. The van der Waals surface area contributed by atoms with Gasteiger partial charge in [-0.2, -0.15) is 13.2 Å². The SMILES string of the molecule is Cn1c(-c2ccccc2C(F)(F)F)nnc1C(C)(C)Oc1c(F)cc(C(N)=O)cc1F. The van der Waals surface area contributed by atoms with Gasteiger partial charge in [-0.05, 0) is 32.0 Å². The van der Waals surface area contributed by atoms with Crippen LogP contribution in [0.5, 0.6) is 5.75 Å². The minimum atomic E-state index is -4.62. The molecule has 2 aromatic carbocycles. The first-order valence-corrected chi connectivity index (χ1v) is 8.87. The van der Waals surface area contributed by atoms with E-state index in [1.165, 1.54) is 43.7 Å². The summed E-state index contributed by atoms with van der Waals surface area (Å²) in [6.07, 6.45) is -4.62. The predicted octanol–water partition coefficient (Wildman–Crippen LogP) is 4.19. The summed E-state index contributed by atoms with van der Waals surface area (Å²) in [6, 6.07) is 6.27. The summed E-state index contributed by atoms with van der Waals surface area (Å²) < 4.78 is 75.5. The number of hydrogen-bond donors (Lipinski definition) is 1. The van der Waals surface area contributed by atoms with Crippen molar-refractivity contribution in [3.8, 4) is 17.1 Å². The number of nitrogens with zero attached hydrogens (tertiary/aromatic N) is 3. The molecule has 0 saturated heterocycles. The molecule has 0 unspecified atom stereocenters. The van der Waals surface area contributed by atoms with Crippen LogP contribution in [-0.4, -0.2) is 20.7 Å². The van der Waals surface area contributed by atoms with Crippen molar-refractivity contribution in [1.29, 1.82) is 0 Å². The third-order valence-electron chi connectivity index (χ3n) is 4.53. The fourth-order valence-electron chi connectivity index (χ4n) is 3.11. The molecule has 0 spiro atoms. The molecule has 3 rings (SSSR count). The number of primary amides is 1. The van der Waals surface area contributed by atoms with Crippen LogP contribution < -0.4 is 10.5 Å². The fourth-order valence-corrected chi connectivity index (χ4v) is 3.11. The van der Waals surface area contributed by atoms with Crippen LogP contribution >= 0.6 is 0 Å². The highest BCUT2D eigenvalue weighted by Crippen LogP contribution is 2.38. The lowest BCUT2D eigenvalue weighted by atomic mass is 10.1. The van der Waals surface area contributed by atoms with Crippen LogP contribution in [0, 0.1) is 11.6 Å². The van der Waals surface area contributed by atoms with Crippen LogP contribution in [0.4, 0.5) is 22.0 Å². The number of alkyl halides is 3. The summed E-state index contributed by atoms with van der Waals surface area (Å²) in [5.74, 6) is -4.26. The zero-order valence-electron chi connectivity index (χ0n) is 16.6. The quantitative estimate of drug-likeness (QED) is 0.603. The minimum Gasteiger partial charge on any atom is -0.474 e. The summed E-state index contributed by atoms with van der Waals surface area (Å²) in [7, 11) is 1.41. The molecular weight excluding hydrogens is 423 g/mol. The average Bonchev–Trinajstić information content (AvgIpc) is 3.06. The van der Waals surface area contributed by atoms with E-state index in [1.54, 1.807) is 0 Å². The first-order valence-electron chi connectivity index (χ1n) is 8.87. The standard InChI is InChI=1S/C20H17F5N4O2/c1-19(2,31-15-13(21)8-10(16(26)30)9-14(15)22)18-28-27-17(29(18)3)11-6-4-5-7-12(11)20(23,24)25/h4-9H,1-3H3,(H2,26,30). The summed E-state index contributed by atoms with van der Waals surface area (Å²) in [6.45, 7) is 2.83. The van der Waals surface area contributed by atoms with Gasteiger partial charge in [-0.15, -0.1) is 10.2 Å². The summed E-state index contributed by atoms with van der Waals surface area (Å²) in [5, 5.41) is 7.72. The minimum absolute atomic E-state index is 0.0113. The zero-order chi connectivity index (χ0) is 23.1. The second kappa shape index (κ2) is 7.64. The van der Waals surface area contributed by atoms with Gasteiger partial charge in [0.2, 0.25) is 5.91 Å². The number of hydrogen-bond acceptors (Lipinski definition) is 4. The Labute approximate surface area is 173 Å². The number of benzene rings is 2. The van der Waals surface area contributed by atoms with Gasteiger partial charge in [0.1, 0.15) is 0 Å². The summed E-state index contributed by atoms with van der Waals surface area (Å²) >= 11 is 0. The number of nitrogens with two attached hydrogens (primary N) is 1. The third-order valence-corrected chi connectivity index (χ3v) is 4.53. The Bertz CT molecular complexity index is 1130. The van der Waals surface area contributed by atoms with E-state index in [9.17, 15) is 26.7 Å². The Kier molecular flexibility index (Phi) is 5.47. The van der Waals surface area contributed by atoms with Gasteiger partial charge >= 0.3 is 6.18 Å². The average molecular weight is 440 g/mol. The van der Waals surface area contributed by atoms with Gasteiger partial charge in [-0.1, -0.05) is 18.2 Å². The monoisotopic (exact) mass is 440 g/mol. The topological polar surface area (TPSA) is 83.0 Å². The van der Waals surface area contributed by atoms with Crippen LogP contribution in [0.3, 0.4) is 0 Å². The third kappa shape index (κ3) is 4.21. The normalized spacial score (nSPS) is 12.1. The molecule has 0 radical (unpaired) electrons. The van der Waals surface area contributed by atoms with Gasteiger partial charge in [-0.3, -0.25) is 4.79 Å².